The Balaban J connectivity index is 1.91. The van der Waals surface area contributed by atoms with Gasteiger partial charge in [-0.15, -0.1) is 0 Å². The van der Waals surface area contributed by atoms with Gasteiger partial charge in [0, 0.05) is 13.1 Å². The lowest BCUT2D eigenvalue weighted by atomic mass is 9.97. The summed E-state index contributed by atoms with van der Waals surface area (Å²) in [6, 6.07) is 3.75. The number of carboxylic acids is 1. The van der Waals surface area contributed by atoms with Gasteiger partial charge in [-0.2, -0.15) is 0 Å². The molecule has 1 saturated heterocycles. The molecule has 22 heavy (non-hydrogen) atoms. The van der Waals surface area contributed by atoms with E-state index in [-0.39, 0.29) is 23.0 Å². The van der Waals surface area contributed by atoms with Crippen LogP contribution < -0.4 is 5.32 Å². The van der Waals surface area contributed by atoms with Crippen molar-refractivity contribution >= 4 is 23.6 Å². The fraction of sp³-hybridized carbons (Fsp3) is 0.467. The smallest absolute Gasteiger partial charge is 0.317 e. The molecule has 7 heteroatoms. The summed E-state index contributed by atoms with van der Waals surface area (Å²) >= 11 is 5.74. The molecule has 2 rings (SSSR count). The van der Waals surface area contributed by atoms with Crippen LogP contribution in [-0.4, -0.2) is 35.1 Å². The predicted octanol–water partition coefficient (Wildman–Crippen LogP) is 3.05. The van der Waals surface area contributed by atoms with Crippen LogP contribution in [0.4, 0.5) is 9.18 Å². The Labute approximate surface area is 133 Å². The van der Waals surface area contributed by atoms with E-state index in [0.29, 0.717) is 31.5 Å². The lowest BCUT2D eigenvalue weighted by Crippen LogP contribution is -2.46. The zero-order chi connectivity index (χ0) is 16.3. The summed E-state index contributed by atoms with van der Waals surface area (Å²) in [6.45, 7) is 2.62. The molecule has 0 radical (unpaired) electrons. The number of rotatable bonds is 3. The summed E-state index contributed by atoms with van der Waals surface area (Å²) in [7, 11) is 0. The molecule has 1 aromatic carbocycles. The first-order chi connectivity index (χ1) is 10.4. The third-order valence-corrected chi connectivity index (χ3v) is 4.20. The van der Waals surface area contributed by atoms with Gasteiger partial charge in [0.25, 0.3) is 0 Å². The highest BCUT2D eigenvalue weighted by Crippen LogP contribution is 2.22. The number of carbonyl (C=O) groups is 2. The van der Waals surface area contributed by atoms with Gasteiger partial charge in [-0.1, -0.05) is 17.7 Å². The summed E-state index contributed by atoms with van der Waals surface area (Å²) in [6.07, 6.45) is 0.916. The molecule has 0 aliphatic carbocycles. The number of halogens is 2. The second-order valence-electron chi connectivity index (χ2n) is 5.44. The SMILES string of the molecule is CC(NC(=O)N1CCC(C(=O)O)CC1)c1ccc(F)c(Cl)c1. The molecule has 1 unspecified atom stereocenters. The highest BCUT2D eigenvalue weighted by Gasteiger charge is 2.27. The van der Waals surface area contributed by atoms with Crippen LogP contribution in [0.3, 0.4) is 0 Å². The average molecular weight is 329 g/mol. The Morgan fingerprint density at radius 2 is 2.05 bits per heavy atom. The number of carbonyl (C=O) groups excluding carboxylic acids is 1. The van der Waals surface area contributed by atoms with Crippen molar-refractivity contribution in [2.75, 3.05) is 13.1 Å². The maximum atomic E-state index is 13.1. The highest BCUT2D eigenvalue weighted by atomic mass is 35.5. The molecule has 1 aliphatic rings. The Hall–Kier alpha value is -1.82. The molecule has 0 spiro atoms. The van der Waals surface area contributed by atoms with Gasteiger partial charge in [0.1, 0.15) is 5.82 Å². The first-order valence-electron chi connectivity index (χ1n) is 7.11. The zero-order valence-electron chi connectivity index (χ0n) is 12.2. The van der Waals surface area contributed by atoms with E-state index in [1.165, 1.54) is 12.1 Å². The topological polar surface area (TPSA) is 69.6 Å². The molecule has 1 aromatic rings. The fourth-order valence-electron chi connectivity index (χ4n) is 2.47. The number of aliphatic carboxylic acids is 1. The number of nitrogens with one attached hydrogen (secondary N) is 1. The lowest BCUT2D eigenvalue weighted by Gasteiger charge is -2.31. The molecule has 1 fully saturated rings. The number of benzene rings is 1. The monoisotopic (exact) mass is 328 g/mol. The zero-order valence-corrected chi connectivity index (χ0v) is 12.9. The number of hydrogen-bond donors (Lipinski definition) is 2. The van der Waals surface area contributed by atoms with E-state index in [1.54, 1.807) is 17.9 Å². The molecular formula is C15H18ClFN2O3. The largest absolute Gasteiger partial charge is 0.481 e. The normalized spacial score (nSPS) is 17.1. The number of hydrogen-bond acceptors (Lipinski definition) is 2. The molecule has 2 amide bonds. The highest BCUT2D eigenvalue weighted by molar-refractivity contribution is 6.30. The van der Waals surface area contributed by atoms with Crippen molar-refractivity contribution in [3.05, 3.63) is 34.6 Å². The molecule has 5 nitrogen and oxygen atoms in total. The minimum absolute atomic E-state index is 0.0147. The van der Waals surface area contributed by atoms with Crippen LogP contribution >= 0.6 is 11.6 Å². The van der Waals surface area contributed by atoms with E-state index < -0.39 is 11.8 Å². The molecule has 0 aromatic heterocycles. The van der Waals surface area contributed by atoms with Crippen molar-refractivity contribution in [3.8, 4) is 0 Å². The summed E-state index contributed by atoms with van der Waals surface area (Å²) in [5, 5.41) is 11.8. The Morgan fingerprint density at radius 1 is 1.41 bits per heavy atom. The van der Waals surface area contributed by atoms with Crippen LogP contribution in [0.25, 0.3) is 0 Å². The van der Waals surface area contributed by atoms with E-state index in [4.69, 9.17) is 16.7 Å². The molecule has 1 aliphatic heterocycles. The fourth-order valence-corrected chi connectivity index (χ4v) is 2.66. The van der Waals surface area contributed by atoms with Crippen LogP contribution in [-0.2, 0) is 4.79 Å². The summed E-state index contributed by atoms with van der Waals surface area (Å²) in [5.74, 6) is -1.69. The van der Waals surface area contributed by atoms with E-state index in [9.17, 15) is 14.0 Å². The predicted molar refractivity (Wildman–Crippen MR) is 80.3 cm³/mol. The van der Waals surface area contributed by atoms with Crippen LogP contribution in [0, 0.1) is 11.7 Å². The van der Waals surface area contributed by atoms with Gasteiger partial charge in [0.2, 0.25) is 0 Å². The van der Waals surface area contributed by atoms with Crippen LogP contribution in [0.1, 0.15) is 31.4 Å². The minimum atomic E-state index is -0.811. The van der Waals surface area contributed by atoms with E-state index in [0.717, 1.165) is 0 Å². The molecule has 1 atom stereocenters. The number of amides is 2. The third-order valence-electron chi connectivity index (χ3n) is 3.92. The first kappa shape index (κ1) is 16.5. The van der Waals surface area contributed by atoms with Crippen molar-refractivity contribution in [3.63, 3.8) is 0 Å². The van der Waals surface area contributed by atoms with Gasteiger partial charge in [0.15, 0.2) is 0 Å². The van der Waals surface area contributed by atoms with Gasteiger partial charge < -0.3 is 15.3 Å². The Bertz CT molecular complexity index is 574. The van der Waals surface area contributed by atoms with Gasteiger partial charge >= 0.3 is 12.0 Å². The second kappa shape index (κ2) is 6.96. The van der Waals surface area contributed by atoms with Crippen molar-refractivity contribution in [1.29, 1.82) is 0 Å². The van der Waals surface area contributed by atoms with Gasteiger partial charge in [-0.3, -0.25) is 4.79 Å². The number of likely N-dealkylation sites (tertiary alicyclic amines) is 1. The maximum absolute atomic E-state index is 13.1. The van der Waals surface area contributed by atoms with Crippen LogP contribution in [0.2, 0.25) is 5.02 Å². The number of piperidine rings is 1. The standard InChI is InChI=1S/C15H18ClFN2O3/c1-9(11-2-3-13(17)12(16)8-11)18-15(22)19-6-4-10(5-7-19)14(20)21/h2-3,8-10H,4-7H2,1H3,(H,18,22)(H,20,21). The summed E-state index contributed by atoms with van der Waals surface area (Å²) in [5.41, 5.74) is 0.708. The van der Waals surface area contributed by atoms with Crippen LogP contribution in [0.15, 0.2) is 18.2 Å². The van der Waals surface area contributed by atoms with Crippen molar-refractivity contribution in [2.45, 2.75) is 25.8 Å². The first-order valence-corrected chi connectivity index (χ1v) is 7.49. The molecule has 2 N–H and O–H groups in total. The Morgan fingerprint density at radius 3 is 2.59 bits per heavy atom. The molecule has 120 valence electrons. The summed E-state index contributed by atoms with van der Waals surface area (Å²) < 4.78 is 13.1. The van der Waals surface area contributed by atoms with Crippen molar-refractivity contribution in [1.82, 2.24) is 10.2 Å². The quantitative estimate of drug-likeness (QED) is 0.896. The summed E-state index contributed by atoms with van der Waals surface area (Å²) in [4.78, 5) is 24.7. The number of carboxylic acid groups (broad SMARTS) is 1. The number of nitrogens with zero attached hydrogens (tertiary/aromatic N) is 1. The molecule has 0 saturated carbocycles. The van der Waals surface area contributed by atoms with Gasteiger partial charge in [0.05, 0.1) is 17.0 Å². The van der Waals surface area contributed by atoms with Crippen molar-refractivity contribution < 1.29 is 19.1 Å². The third kappa shape index (κ3) is 3.88. The average Bonchev–Trinajstić information content (AvgIpc) is 2.50. The van der Waals surface area contributed by atoms with E-state index >= 15 is 0 Å². The lowest BCUT2D eigenvalue weighted by molar-refractivity contribution is -0.143. The molecule has 0 bridgehead atoms. The second-order valence-corrected chi connectivity index (χ2v) is 5.85. The van der Waals surface area contributed by atoms with E-state index in [1.807, 2.05) is 0 Å². The van der Waals surface area contributed by atoms with Crippen LogP contribution in [0.5, 0.6) is 0 Å². The minimum Gasteiger partial charge on any atom is -0.481 e. The van der Waals surface area contributed by atoms with E-state index in [2.05, 4.69) is 5.32 Å². The Kier molecular flexibility index (Phi) is 5.24. The molecule has 1 heterocycles. The number of urea groups is 1. The van der Waals surface area contributed by atoms with Crippen molar-refractivity contribution in [2.24, 2.45) is 5.92 Å². The van der Waals surface area contributed by atoms with Gasteiger partial charge in [-0.05, 0) is 37.5 Å². The molecular weight excluding hydrogens is 311 g/mol. The van der Waals surface area contributed by atoms with Gasteiger partial charge in [-0.25, -0.2) is 9.18 Å². The maximum Gasteiger partial charge on any atom is 0.317 e.